The number of nitrogens with zero attached hydrogens (tertiary/aromatic N) is 1. The third-order valence-electron chi connectivity index (χ3n) is 2.70. The van der Waals surface area contributed by atoms with Crippen LogP contribution in [0.25, 0.3) is 11.3 Å². The summed E-state index contributed by atoms with van der Waals surface area (Å²) in [7, 11) is 0. The average Bonchev–Trinajstić information content (AvgIpc) is 2.29. The van der Waals surface area contributed by atoms with E-state index in [4.69, 9.17) is 0 Å². The van der Waals surface area contributed by atoms with Crippen LogP contribution >= 0.6 is 0 Å². The molecule has 0 fully saturated rings. The fourth-order valence-corrected chi connectivity index (χ4v) is 3.79. The van der Waals surface area contributed by atoms with Crippen molar-refractivity contribution >= 4 is 17.7 Å². The van der Waals surface area contributed by atoms with Crippen LogP contribution in [-0.2, 0) is 0 Å². The van der Waals surface area contributed by atoms with Gasteiger partial charge >= 0.3 is 99.8 Å². The predicted octanol–water partition coefficient (Wildman–Crippen LogP) is 3.29. The van der Waals surface area contributed by atoms with Crippen LogP contribution < -0.4 is 4.40 Å². The molecule has 1 aromatic carbocycles. The Morgan fingerprint density at radius 3 is 2.06 bits per heavy atom. The SMILES string of the molecule is [CH3][Ge]([CH3])([CH3])[c]1ccc(-c2ccccc2)nc1. The first-order valence-corrected chi connectivity index (χ1v) is 12.9. The van der Waals surface area contributed by atoms with Gasteiger partial charge in [-0.15, -0.1) is 0 Å². The number of rotatable bonds is 2. The third-order valence-corrected chi connectivity index (χ3v) is 6.95. The zero-order valence-electron chi connectivity index (χ0n) is 10.1. The van der Waals surface area contributed by atoms with E-state index in [1.807, 2.05) is 18.2 Å². The van der Waals surface area contributed by atoms with Crippen molar-refractivity contribution in [3.05, 3.63) is 48.7 Å². The normalized spacial score (nSPS) is 11.4. The standard InChI is InChI=1S/C14H17GeN/c1-15(2,3)13-9-10-14(16-11-13)12-7-5-4-6-8-12/h4-11H,1-3H3. The van der Waals surface area contributed by atoms with Crippen LogP contribution in [0.5, 0.6) is 0 Å². The van der Waals surface area contributed by atoms with Gasteiger partial charge in [-0.2, -0.15) is 0 Å². The second-order valence-electron chi connectivity index (χ2n) is 5.05. The monoisotopic (exact) mass is 273 g/mol. The molecule has 0 aliphatic carbocycles. The average molecular weight is 272 g/mol. The van der Waals surface area contributed by atoms with Gasteiger partial charge in [-0.05, 0) is 0 Å². The molecule has 82 valence electrons. The molecule has 0 N–H and O–H groups in total. The topological polar surface area (TPSA) is 12.9 Å². The maximum absolute atomic E-state index is 4.56. The van der Waals surface area contributed by atoms with Crippen molar-refractivity contribution in [2.24, 2.45) is 0 Å². The second-order valence-corrected chi connectivity index (χ2v) is 15.7. The Balaban J connectivity index is 2.34. The number of hydrogen-bond acceptors (Lipinski definition) is 1. The van der Waals surface area contributed by atoms with Crippen molar-refractivity contribution in [1.29, 1.82) is 0 Å². The molecule has 16 heavy (non-hydrogen) atoms. The molecule has 0 spiro atoms. The van der Waals surface area contributed by atoms with E-state index in [0.717, 1.165) is 5.69 Å². The van der Waals surface area contributed by atoms with Crippen molar-refractivity contribution in [2.75, 3.05) is 0 Å². The Morgan fingerprint density at radius 2 is 1.56 bits per heavy atom. The fourth-order valence-electron chi connectivity index (χ4n) is 1.62. The molecule has 0 aliphatic rings. The predicted molar refractivity (Wildman–Crippen MR) is 72.7 cm³/mol. The van der Waals surface area contributed by atoms with Gasteiger partial charge in [0.2, 0.25) is 0 Å². The van der Waals surface area contributed by atoms with E-state index >= 15 is 0 Å². The molecule has 0 unspecified atom stereocenters. The molecule has 1 nitrogen and oxygen atoms in total. The summed E-state index contributed by atoms with van der Waals surface area (Å²) in [6.07, 6.45) is 2.06. The minimum atomic E-state index is -1.71. The zero-order valence-corrected chi connectivity index (χ0v) is 12.2. The van der Waals surface area contributed by atoms with Crippen LogP contribution in [0.4, 0.5) is 0 Å². The number of aromatic nitrogens is 1. The Morgan fingerprint density at radius 1 is 0.875 bits per heavy atom. The molecule has 0 aliphatic heterocycles. The summed E-state index contributed by atoms with van der Waals surface area (Å²) in [6.45, 7) is 0. The van der Waals surface area contributed by atoms with Gasteiger partial charge in [-0.25, -0.2) is 0 Å². The Kier molecular flexibility index (Phi) is 3.15. The second kappa shape index (κ2) is 4.42. The summed E-state index contributed by atoms with van der Waals surface area (Å²) >= 11 is -1.71. The van der Waals surface area contributed by atoms with Gasteiger partial charge in [0.1, 0.15) is 0 Å². The first kappa shape index (κ1) is 11.4. The van der Waals surface area contributed by atoms with Crippen LogP contribution in [-0.4, -0.2) is 18.3 Å². The summed E-state index contributed by atoms with van der Waals surface area (Å²) in [5.41, 5.74) is 2.26. The van der Waals surface area contributed by atoms with E-state index < -0.39 is 13.3 Å². The molecule has 1 heterocycles. The summed E-state index contributed by atoms with van der Waals surface area (Å²) in [5, 5.41) is 0. The van der Waals surface area contributed by atoms with Crippen molar-refractivity contribution in [1.82, 2.24) is 4.98 Å². The summed E-state index contributed by atoms with van der Waals surface area (Å²) < 4.78 is 1.46. The minimum absolute atomic E-state index is 1.07. The molecule has 0 saturated carbocycles. The van der Waals surface area contributed by atoms with Crippen LogP contribution in [0.2, 0.25) is 17.3 Å². The molecule has 2 rings (SSSR count). The van der Waals surface area contributed by atoms with Crippen molar-refractivity contribution < 1.29 is 0 Å². The van der Waals surface area contributed by atoms with Gasteiger partial charge in [0.15, 0.2) is 0 Å². The van der Waals surface area contributed by atoms with Crippen LogP contribution in [0.15, 0.2) is 48.7 Å². The van der Waals surface area contributed by atoms with Gasteiger partial charge < -0.3 is 0 Å². The number of hydrogen-bond donors (Lipinski definition) is 0. The number of pyridine rings is 1. The Labute approximate surface area is 99.9 Å². The van der Waals surface area contributed by atoms with Crippen LogP contribution in [0.1, 0.15) is 0 Å². The molecular formula is C14H17GeN. The number of benzene rings is 1. The van der Waals surface area contributed by atoms with E-state index in [-0.39, 0.29) is 0 Å². The van der Waals surface area contributed by atoms with Gasteiger partial charge in [-0.3, -0.25) is 0 Å². The Hall–Kier alpha value is -1.09. The first-order valence-electron chi connectivity index (χ1n) is 5.59. The van der Waals surface area contributed by atoms with Gasteiger partial charge in [0.25, 0.3) is 0 Å². The van der Waals surface area contributed by atoms with E-state index in [1.54, 1.807) is 0 Å². The quantitative estimate of drug-likeness (QED) is 0.764. The van der Waals surface area contributed by atoms with Crippen LogP contribution in [0.3, 0.4) is 0 Å². The Bertz CT molecular complexity index is 454. The van der Waals surface area contributed by atoms with Gasteiger partial charge in [-0.1, -0.05) is 0 Å². The third kappa shape index (κ3) is 2.53. The van der Waals surface area contributed by atoms with E-state index in [1.165, 1.54) is 9.96 Å². The zero-order chi connectivity index (χ0) is 11.6. The van der Waals surface area contributed by atoms with Crippen molar-refractivity contribution in [3.63, 3.8) is 0 Å². The molecule has 0 saturated heterocycles. The van der Waals surface area contributed by atoms with E-state index in [9.17, 15) is 0 Å². The fraction of sp³-hybridized carbons (Fsp3) is 0.214. The molecule has 1 aromatic heterocycles. The first-order chi connectivity index (χ1) is 7.57. The van der Waals surface area contributed by atoms with E-state index in [0.29, 0.717) is 0 Å². The molecule has 0 amide bonds. The van der Waals surface area contributed by atoms with Crippen molar-refractivity contribution in [2.45, 2.75) is 17.3 Å². The molecule has 0 bridgehead atoms. The summed E-state index contributed by atoms with van der Waals surface area (Å²) in [4.78, 5) is 4.56. The molecule has 2 aromatic rings. The summed E-state index contributed by atoms with van der Waals surface area (Å²) in [5.74, 6) is 7.16. The molecule has 0 radical (unpaired) electrons. The molecule has 2 heteroatoms. The van der Waals surface area contributed by atoms with Gasteiger partial charge in [0.05, 0.1) is 0 Å². The van der Waals surface area contributed by atoms with Crippen molar-refractivity contribution in [3.8, 4) is 11.3 Å². The van der Waals surface area contributed by atoms with Gasteiger partial charge in [0, 0.05) is 0 Å². The van der Waals surface area contributed by atoms with E-state index in [2.05, 4.69) is 52.7 Å². The summed E-state index contributed by atoms with van der Waals surface area (Å²) in [6, 6.07) is 14.7. The molecular weight excluding hydrogens is 255 g/mol. The van der Waals surface area contributed by atoms with Crippen LogP contribution in [0, 0.1) is 0 Å². The maximum atomic E-state index is 4.56. The molecule has 0 atom stereocenters.